The molecule has 0 aromatic rings. The Bertz CT molecular complexity index is 6.00. The predicted octanol–water partition coefficient (Wildman–Crippen LogP) is 1.61. The highest BCUT2D eigenvalue weighted by atomic mass is 35.5. The van der Waals surface area contributed by atoms with E-state index in [0.29, 0.717) is 0 Å². The van der Waals surface area contributed by atoms with E-state index in [0.717, 1.165) is 0 Å². The van der Waals surface area contributed by atoms with Crippen LogP contribution in [0.5, 0.6) is 0 Å². The molecule has 0 unspecified atom stereocenters. The Morgan fingerprint density at radius 3 is 1.25 bits per heavy atom. The summed E-state index contributed by atoms with van der Waals surface area (Å²) in [6, 6.07) is 0. The molecule has 0 aromatic heterocycles. The number of hydrogen-bond acceptors (Lipinski definition) is 0. The van der Waals surface area contributed by atoms with Crippen LogP contribution in [0, 0.1) is 0 Å². The second-order valence-electron chi connectivity index (χ2n) is 0.447. The molecular weight excluding hydrogens is 90.4 g/mol. The van der Waals surface area contributed by atoms with Crippen molar-refractivity contribution < 1.29 is 0 Å². The maximum atomic E-state index is 2.10. The molecule has 0 heterocycles. The van der Waals surface area contributed by atoms with Gasteiger partial charge in [-0.25, -0.2) is 0 Å². The summed E-state index contributed by atoms with van der Waals surface area (Å²) < 4.78 is 0. The number of halogens is 1. The number of hydrogen-bond donors (Lipinski definition) is 0. The summed E-state index contributed by atoms with van der Waals surface area (Å²) in [6.07, 6.45) is 0. The molecule has 0 saturated carbocycles. The third-order valence-corrected chi connectivity index (χ3v) is 0. The quantitative estimate of drug-likeness (QED) is 0.403. The Balaban J connectivity index is 0. The first-order valence-electron chi connectivity index (χ1n) is 0.894. The molecule has 2 heteroatoms. The molecule has 0 N–H and O–H groups in total. The van der Waals surface area contributed by atoms with Crippen molar-refractivity contribution in [3.05, 3.63) is 0 Å². The van der Waals surface area contributed by atoms with Gasteiger partial charge in [-0.05, 0) is 13.3 Å². The van der Waals surface area contributed by atoms with E-state index in [-0.39, 0.29) is 12.4 Å². The fourth-order valence-electron chi connectivity index (χ4n) is 0. The highest BCUT2D eigenvalue weighted by Gasteiger charge is 1.35. The highest BCUT2D eigenvalue weighted by molar-refractivity contribution is 7.35. The minimum atomic E-state index is 0. The van der Waals surface area contributed by atoms with Crippen molar-refractivity contribution in [3.63, 3.8) is 0 Å². The smallest absolute Gasteiger partial charge is 0.0408 e. The Hall–Kier alpha value is 0.720. The minimum Gasteiger partial charge on any atom is -0.147 e. The zero-order valence-corrected chi connectivity index (χ0v) is 4.57. The van der Waals surface area contributed by atoms with E-state index >= 15 is 0 Å². The van der Waals surface area contributed by atoms with Gasteiger partial charge in [0, 0.05) is 0 Å². The largest absolute Gasteiger partial charge is 0.147 e. The van der Waals surface area contributed by atoms with Gasteiger partial charge in [0.15, 0.2) is 0 Å². The molecule has 27 valence electrons. The summed E-state index contributed by atoms with van der Waals surface area (Å²) in [4.78, 5) is 0. The zero-order chi connectivity index (χ0) is 2.71. The Kier molecular flexibility index (Phi) is 20.5. The van der Waals surface area contributed by atoms with Crippen LogP contribution in [0.4, 0.5) is 0 Å². The van der Waals surface area contributed by atoms with E-state index < -0.39 is 0 Å². The lowest BCUT2D eigenvalue weighted by Crippen LogP contribution is -1.18. The second-order valence-corrected chi connectivity index (χ2v) is 1.34. The average Bonchev–Trinajstić information content (AvgIpc) is 0.918. The monoisotopic (exact) mass is 97.0 g/mol. The van der Waals surface area contributed by atoms with Crippen molar-refractivity contribution in [2.75, 3.05) is 13.3 Å². The van der Waals surface area contributed by atoms with Crippen LogP contribution in [0.3, 0.4) is 0 Å². The molecule has 0 aliphatic rings. The normalized spacial score (nSPS) is 4.50. The molecular formula is C2H7ClP. The summed E-state index contributed by atoms with van der Waals surface area (Å²) in [5.41, 5.74) is 0. The Labute approximate surface area is 35.2 Å². The molecule has 1 radical (unpaired) electrons. The molecule has 0 saturated heterocycles. The molecule has 0 nitrogen and oxygen atoms in total. The van der Waals surface area contributed by atoms with Crippen LogP contribution >= 0.6 is 21.0 Å². The van der Waals surface area contributed by atoms with Gasteiger partial charge in [-0.15, -0.1) is 12.4 Å². The summed E-state index contributed by atoms with van der Waals surface area (Å²) >= 11 is 0. The molecule has 0 fully saturated rings. The fraction of sp³-hybridized carbons (Fsp3) is 1.00. The van der Waals surface area contributed by atoms with E-state index in [2.05, 4.69) is 13.3 Å². The molecule has 0 atom stereocenters. The third kappa shape index (κ3) is 15.5. The standard InChI is InChI=1S/C2H6P.ClH/c1-3-2;/h1-2H3;1H. The van der Waals surface area contributed by atoms with Crippen molar-refractivity contribution in [2.24, 2.45) is 0 Å². The lowest BCUT2D eigenvalue weighted by Gasteiger charge is -1.48. The Morgan fingerprint density at radius 1 is 1.25 bits per heavy atom. The van der Waals surface area contributed by atoms with Gasteiger partial charge < -0.3 is 0 Å². The van der Waals surface area contributed by atoms with Gasteiger partial charge in [0.25, 0.3) is 0 Å². The molecule has 0 aliphatic heterocycles. The van der Waals surface area contributed by atoms with Crippen molar-refractivity contribution >= 4 is 21.0 Å². The van der Waals surface area contributed by atoms with Crippen LogP contribution in [0.1, 0.15) is 0 Å². The van der Waals surface area contributed by atoms with E-state index in [1.807, 2.05) is 0 Å². The van der Waals surface area contributed by atoms with Gasteiger partial charge in [-0.1, -0.05) is 8.58 Å². The first kappa shape index (κ1) is 8.83. The first-order valence-corrected chi connectivity index (χ1v) is 2.68. The summed E-state index contributed by atoms with van der Waals surface area (Å²) in [5, 5.41) is 0. The molecule has 0 amide bonds. The maximum Gasteiger partial charge on any atom is -0.0408 e. The molecule has 0 aliphatic carbocycles. The number of rotatable bonds is 0. The SMILES string of the molecule is C[P]C.Cl. The molecule has 0 bridgehead atoms. The van der Waals surface area contributed by atoms with Crippen LogP contribution in [0.15, 0.2) is 0 Å². The minimum absolute atomic E-state index is 0. The van der Waals surface area contributed by atoms with Crippen molar-refractivity contribution in [1.29, 1.82) is 0 Å². The highest BCUT2D eigenvalue weighted by Crippen LogP contribution is 1.84. The molecule has 0 rings (SSSR count). The topological polar surface area (TPSA) is 0 Å². The van der Waals surface area contributed by atoms with Gasteiger partial charge in [-0.3, -0.25) is 0 Å². The van der Waals surface area contributed by atoms with Gasteiger partial charge in [-0.2, -0.15) is 0 Å². The molecule has 0 aromatic carbocycles. The zero-order valence-electron chi connectivity index (χ0n) is 2.86. The van der Waals surface area contributed by atoms with Gasteiger partial charge >= 0.3 is 0 Å². The fourth-order valence-corrected chi connectivity index (χ4v) is 0. The molecule has 4 heavy (non-hydrogen) atoms. The first-order chi connectivity index (χ1) is 1.41. The van der Waals surface area contributed by atoms with Crippen LogP contribution in [-0.4, -0.2) is 13.3 Å². The van der Waals surface area contributed by atoms with Crippen molar-refractivity contribution in [3.8, 4) is 0 Å². The lowest BCUT2D eigenvalue weighted by atomic mass is 11.9. The second kappa shape index (κ2) is 9.30. The van der Waals surface area contributed by atoms with Crippen molar-refractivity contribution in [2.45, 2.75) is 0 Å². The summed E-state index contributed by atoms with van der Waals surface area (Å²) in [7, 11) is 1.42. The predicted molar refractivity (Wildman–Crippen MR) is 26.0 cm³/mol. The van der Waals surface area contributed by atoms with E-state index in [9.17, 15) is 0 Å². The van der Waals surface area contributed by atoms with Crippen LogP contribution in [-0.2, 0) is 0 Å². The Morgan fingerprint density at radius 2 is 1.25 bits per heavy atom. The average molecular weight is 97.5 g/mol. The summed E-state index contributed by atoms with van der Waals surface area (Å²) in [6.45, 7) is 4.19. The van der Waals surface area contributed by atoms with E-state index in [1.165, 1.54) is 8.58 Å². The summed E-state index contributed by atoms with van der Waals surface area (Å²) in [5.74, 6) is 0. The van der Waals surface area contributed by atoms with Gasteiger partial charge in [0.1, 0.15) is 0 Å². The van der Waals surface area contributed by atoms with Crippen LogP contribution in [0.2, 0.25) is 0 Å². The van der Waals surface area contributed by atoms with Crippen molar-refractivity contribution in [1.82, 2.24) is 0 Å². The lowest BCUT2D eigenvalue weighted by molar-refractivity contribution is 2.32. The third-order valence-electron chi connectivity index (χ3n) is 0. The molecule has 0 spiro atoms. The van der Waals surface area contributed by atoms with Gasteiger partial charge in [0.2, 0.25) is 0 Å². The van der Waals surface area contributed by atoms with Crippen LogP contribution in [0.25, 0.3) is 0 Å². The van der Waals surface area contributed by atoms with E-state index in [4.69, 9.17) is 0 Å². The van der Waals surface area contributed by atoms with E-state index in [1.54, 1.807) is 0 Å². The maximum absolute atomic E-state index is 2.10. The van der Waals surface area contributed by atoms with Crippen LogP contribution < -0.4 is 0 Å². The van der Waals surface area contributed by atoms with Gasteiger partial charge in [0.05, 0.1) is 0 Å².